The molecule has 158 valence electrons. The first-order valence-corrected chi connectivity index (χ1v) is 10.4. The zero-order valence-electron chi connectivity index (χ0n) is 17.6. The minimum absolute atomic E-state index is 0.0868. The topological polar surface area (TPSA) is 66.8 Å². The summed E-state index contributed by atoms with van der Waals surface area (Å²) in [5.74, 6) is -1.44. The van der Waals surface area contributed by atoms with Gasteiger partial charge in [-0.05, 0) is 40.3 Å². The van der Waals surface area contributed by atoms with Gasteiger partial charge in [-0.1, -0.05) is 80.6 Å². The van der Waals surface area contributed by atoms with Gasteiger partial charge in [0, 0.05) is 11.6 Å². The summed E-state index contributed by atoms with van der Waals surface area (Å²) >= 11 is 0. The molecule has 0 spiro atoms. The molecule has 5 heteroatoms. The summed E-state index contributed by atoms with van der Waals surface area (Å²) in [6.07, 6.45) is -0.658. The van der Waals surface area contributed by atoms with Crippen molar-refractivity contribution in [3.8, 4) is 11.1 Å². The number of carboxylic acids is 1. The summed E-state index contributed by atoms with van der Waals surface area (Å²) in [5, 5.41) is 9.81. The Morgan fingerprint density at radius 1 is 0.871 bits per heavy atom. The molecule has 0 saturated heterocycles. The van der Waals surface area contributed by atoms with Crippen LogP contribution in [0.3, 0.4) is 0 Å². The lowest BCUT2D eigenvalue weighted by atomic mass is 9.98. The summed E-state index contributed by atoms with van der Waals surface area (Å²) < 4.78 is 5.76. The minimum Gasteiger partial charge on any atom is -0.480 e. The Bertz CT molecular complexity index is 1050. The minimum atomic E-state index is -1.06. The molecule has 0 fully saturated rings. The zero-order valence-corrected chi connectivity index (χ0v) is 17.6. The van der Waals surface area contributed by atoms with Gasteiger partial charge >= 0.3 is 12.1 Å². The van der Waals surface area contributed by atoms with E-state index < -0.39 is 18.1 Å². The number of hydrogen-bond donors (Lipinski definition) is 1. The van der Waals surface area contributed by atoms with Crippen molar-refractivity contribution in [3.63, 3.8) is 0 Å². The highest BCUT2D eigenvalue weighted by atomic mass is 16.6. The molecule has 0 bridgehead atoms. The molecule has 0 saturated carbocycles. The molecule has 1 aliphatic carbocycles. The Labute approximate surface area is 181 Å². The number of carboxylic acid groups (broad SMARTS) is 1. The van der Waals surface area contributed by atoms with Gasteiger partial charge in [-0.15, -0.1) is 0 Å². The summed E-state index contributed by atoms with van der Waals surface area (Å²) in [6, 6.07) is 24.0. The molecule has 0 unspecified atom stereocenters. The lowest BCUT2D eigenvalue weighted by Gasteiger charge is -2.31. The van der Waals surface area contributed by atoms with Gasteiger partial charge in [-0.2, -0.15) is 0 Å². The van der Waals surface area contributed by atoms with Crippen LogP contribution in [-0.2, 0) is 9.53 Å². The Hall–Kier alpha value is -3.60. The summed E-state index contributed by atoms with van der Waals surface area (Å²) in [6.45, 7) is 3.71. The predicted molar refractivity (Wildman–Crippen MR) is 120 cm³/mol. The lowest BCUT2D eigenvalue weighted by molar-refractivity contribution is -0.139. The number of fused-ring (bicyclic) bond motifs is 3. The molecule has 0 radical (unpaired) electrons. The fourth-order valence-electron chi connectivity index (χ4n) is 4.33. The van der Waals surface area contributed by atoms with Gasteiger partial charge in [0.25, 0.3) is 0 Å². The number of anilines is 1. The van der Waals surface area contributed by atoms with E-state index in [0.717, 1.165) is 22.3 Å². The second-order valence-corrected chi connectivity index (χ2v) is 8.04. The molecular formula is C26H25NO4. The van der Waals surface area contributed by atoms with Crippen LogP contribution in [0.25, 0.3) is 11.1 Å². The number of benzene rings is 3. The van der Waals surface area contributed by atoms with E-state index in [1.807, 2.05) is 30.3 Å². The van der Waals surface area contributed by atoms with Crippen LogP contribution in [0.2, 0.25) is 0 Å². The Kier molecular flexibility index (Phi) is 5.76. The van der Waals surface area contributed by atoms with E-state index in [1.54, 1.807) is 38.1 Å². The van der Waals surface area contributed by atoms with Crippen LogP contribution in [0, 0.1) is 5.92 Å². The van der Waals surface area contributed by atoms with Crippen LogP contribution < -0.4 is 4.90 Å². The molecule has 0 heterocycles. The molecule has 1 atom stereocenters. The molecule has 1 amide bonds. The zero-order chi connectivity index (χ0) is 22.0. The standard InChI is InChI=1S/C26H25NO4/c1-17(2)24(25(28)29)27(18-10-4-3-5-11-18)26(30)31-16-23-21-14-8-6-12-19(21)20-13-7-9-15-22(20)23/h3-15,17,23-24H,16H2,1-2H3,(H,28,29)/t24-/m0/s1. The van der Waals surface area contributed by atoms with Gasteiger partial charge in [-0.25, -0.2) is 9.59 Å². The third-order valence-electron chi connectivity index (χ3n) is 5.73. The van der Waals surface area contributed by atoms with Crippen LogP contribution in [0.1, 0.15) is 30.9 Å². The smallest absolute Gasteiger partial charge is 0.415 e. The highest BCUT2D eigenvalue weighted by molar-refractivity contribution is 5.95. The van der Waals surface area contributed by atoms with E-state index >= 15 is 0 Å². The van der Waals surface area contributed by atoms with Crippen molar-refractivity contribution in [2.24, 2.45) is 5.92 Å². The van der Waals surface area contributed by atoms with Crippen LogP contribution >= 0.6 is 0 Å². The van der Waals surface area contributed by atoms with E-state index in [-0.39, 0.29) is 18.4 Å². The van der Waals surface area contributed by atoms with Gasteiger partial charge in [0.05, 0.1) is 0 Å². The van der Waals surface area contributed by atoms with Gasteiger partial charge in [0.2, 0.25) is 0 Å². The van der Waals surface area contributed by atoms with Gasteiger partial charge in [0.1, 0.15) is 12.6 Å². The molecule has 4 rings (SSSR count). The first kappa shape index (κ1) is 20.7. The molecular weight excluding hydrogens is 390 g/mol. The number of para-hydroxylation sites is 1. The summed E-state index contributed by atoms with van der Waals surface area (Å²) in [5.41, 5.74) is 5.01. The predicted octanol–water partition coefficient (Wildman–Crippen LogP) is 5.55. The van der Waals surface area contributed by atoms with Crippen LogP contribution in [0.15, 0.2) is 78.9 Å². The number of aliphatic carboxylic acids is 1. The summed E-state index contributed by atoms with van der Waals surface area (Å²) in [7, 11) is 0. The first-order chi connectivity index (χ1) is 15.0. The van der Waals surface area contributed by atoms with Crippen LogP contribution in [0.4, 0.5) is 10.5 Å². The number of rotatable bonds is 6. The monoisotopic (exact) mass is 415 g/mol. The van der Waals surface area contributed by atoms with Crippen molar-refractivity contribution in [2.75, 3.05) is 11.5 Å². The average Bonchev–Trinajstić information content (AvgIpc) is 3.09. The lowest BCUT2D eigenvalue weighted by Crippen LogP contribution is -2.49. The normalized spacial score (nSPS) is 13.4. The Morgan fingerprint density at radius 3 is 1.90 bits per heavy atom. The number of carbonyl (C=O) groups is 2. The molecule has 5 nitrogen and oxygen atoms in total. The van der Waals surface area contributed by atoms with Crippen molar-refractivity contribution >= 4 is 17.7 Å². The summed E-state index contributed by atoms with van der Waals surface area (Å²) in [4.78, 5) is 26.5. The van der Waals surface area contributed by atoms with E-state index in [4.69, 9.17) is 4.74 Å². The van der Waals surface area contributed by atoms with Crippen LogP contribution in [-0.4, -0.2) is 29.8 Å². The number of nitrogens with zero attached hydrogens (tertiary/aromatic N) is 1. The molecule has 3 aromatic rings. The second kappa shape index (κ2) is 8.64. The van der Waals surface area contributed by atoms with Crippen molar-refractivity contribution in [3.05, 3.63) is 90.0 Å². The van der Waals surface area contributed by atoms with E-state index in [0.29, 0.717) is 5.69 Å². The first-order valence-electron chi connectivity index (χ1n) is 10.4. The molecule has 0 aliphatic heterocycles. The van der Waals surface area contributed by atoms with Crippen LogP contribution in [0.5, 0.6) is 0 Å². The third kappa shape index (κ3) is 3.91. The van der Waals surface area contributed by atoms with Gasteiger partial charge in [-0.3, -0.25) is 4.90 Å². The van der Waals surface area contributed by atoms with Crippen molar-refractivity contribution < 1.29 is 19.4 Å². The van der Waals surface area contributed by atoms with E-state index in [9.17, 15) is 14.7 Å². The maximum atomic E-state index is 13.2. The molecule has 1 aliphatic rings. The van der Waals surface area contributed by atoms with Gasteiger partial charge in [0.15, 0.2) is 0 Å². The molecule has 31 heavy (non-hydrogen) atoms. The fourth-order valence-corrected chi connectivity index (χ4v) is 4.33. The second-order valence-electron chi connectivity index (χ2n) is 8.04. The average molecular weight is 415 g/mol. The van der Waals surface area contributed by atoms with Gasteiger partial charge < -0.3 is 9.84 Å². The quantitative estimate of drug-likeness (QED) is 0.573. The highest BCUT2D eigenvalue weighted by Crippen LogP contribution is 2.44. The molecule has 3 aromatic carbocycles. The Balaban J connectivity index is 1.62. The number of amides is 1. The molecule has 0 aromatic heterocycles. The number of hydrogen-bond acceptors (Lipinski definition) is 3. The maximum absolute atomic E-state index is 13.2. The largest absolute Gasteiger partial charge is 0.480 e. The molecule has 1 N–H and O–H groups in total. The van der Waals surface area contributed by atoms with E-state index in [1.165, 1.54) is 4.90 Å². The Morgan fingerprint density at radius 2 is 1.39 bits per heavy atom. The van der Waals surface area contributed by atoms with Crippen molar-refractivity contribution in [2.45, 2.75) is 25.8 Å². The highest BCUT2D eigenvalue weighted by Gasteiger charge is 2.36. The SMILES string of the molecule is CC(C)[C@@H](C(=O)O)N(C(=O)OCC1c2ccccc2-c2ccccc21)c1ccccc1. The number of carbonyl (C=O) groups excluding carboxylic acids is 1. The number of ether oxygens (including phenoxy) is 1. The van der Waals surface area contributed by atoms with Crippen molar-refractivity contribution in [1.29, 1.82) is 0 Å². The fraction of sp³-hybridized carbons (Fsp3) is 0.231. The third-order valence-corrected chi connectivity index (χ3v) is 5.73. The van der Waals surface area contributed by atoms with E-state index in [2.05, 4.69) is 24.3 Å². The van der Waals surface area contributed by atoms with Crippen molar-refractivity contribution in [1.82, 2.24) is 0 Å². The maximum Gasteiger partial charge on any atom is 0.415 e.